The average Bonchev–Trinajstić information content (AvgIpc) is 2.83. The van der Waals surface area contributed by atoms with Crippen LogP contribution >= 0.6 is 11.6 Å². The molecule has 32 heavy (non-hydrogen) atoms. The Kier molecular flexibility index (Phi) is 7.10. The first-order chi connectivity index (χ1) is 15.5. The first-order valence-corrected chi connectivity index (χ1v) is 11.5. The van der Waals surface area contributed by atoms with Crippen molar-refractivity contribution in [3.63, 3.8) is 0 Å². The van der Waals surface area contributed by atoms with Crippen LogP contribution in [0.15, 0.2) is 48.5 Å². The van der Waals surface area contributed by atoms with Crippen LogP contribution in [0.2, 0.25) is 5.02 Å². The van der Waals surface area contributed by atoms with Crippen molar-refractivity contribution in [2.24, 2.45) is 5.92 Å². The van der Waals surface area contributed by atoms with E-state index >= 15 is 0 Å². The van der Waals surface area contributed by atoms with Gasteiger partial charge in [0.05, 0.1) is 12.0 Å². The number of carbonyl (C=O) groups is 3. The standard InChI is InChI=1S/C25H27ClN2O4/c26-20-10-8-18(9-11-20)24(30)28-14-12-19(13-15-28)25(31)32-16-23(29)27-22-7-3-5-17-4-1-2-6-21(17)22/h1-2,4,6,8-11,19,22H,3,5,7,12-16H2,(H,27,29)/t22-/m1/s1. The lowest BCUT2D eigenvalue weighted by atomic mass is 9.88. The molecule has 2 amide bonds. The second-order valence-corrected chi connectivity index (χ2v) is 8.83. The topological polar surface area (TPSA) is 75.7 Å². The highest BCUT2D eigenvalue weighted by molar-refractivity contribution is 6.30. The number of hydrogen-bond acceptors (Lipinski definition) is 4. The molecule has 1 atom stereocenters. The zero-order valence-corrected chi connectivity index (χ0v) is 18.6. The van der Waals surface area contributed by atoms with E-state index in [0.717, 1.165) is 24.8 Å². The largest absolute Gasteiger partial charge is 0.455 e. The highest BCUT2D eigenvalue weighted by atomic mass is 35.5. The van der Waals surface area contributed by atoms with Crippen molar-refractivity contribution in [2.75, 3.05) is 19.7 Å². The Morgan fingerprint density at radius 2 is 1.72 bits per heavy atom. The molecule has 2 aromatic rings. The van der Waals surface area contributed by atoms with Crippen molar-refractivity contribution >= 4 is 29.4 Å². The molecule has 1 aliphatic heterocycles. The predicted octanol–water partition coefficient (Wildman–Crippen LogP) is 3.93. The van der Waals surface area contributed by atoms with Gasteiger partial charge in [0, 0.05) is 23.7 Å². The summed E-state index contributed by atoms with van der Waals surface area (Å²) in [5.74, 6) is -1.02. The third kappa shape index (κ3) is 5.30. The number of ether oxygens (including phenoxy) is 1. The average molecular weight is 455 g/mol. The van der Waals surface area contributed by atoms with Gasteiger partial charge in [-0.3, -0.25) is 14.4 Å². The van der Waals surface area contributed by atoms with Gasteiger partial charge >= 0.3 is 5.97 Å². The molecule has 0 saturated carbocycles. The van der Waals surface area contributed by atoms with E-state index in [1.165, 1.54) is 5.56 Å². The van der Waals surface area contributed by atoms with E-state index < -0.39 is 0 Å². The van der Waals surface area contributed by atoms with Gasteiger partial charge < -0.3 is 15.0 Å². The minimum atomic E-state index is -0.372. The lowest BCUT2D eigenvalue weighted by molar-refractivity contribution is -0.154. The van der Waals surface area contributed by atoms with Gasteiger partial charge in [0.2, 0.25) is 0 Å². The smallest absolute Gasteiger partial charge is 0.309 e. The molecule has 0 spiro atoms. The third-order valence-corrected chi connectivity index (χ3v) is 6.51. The number of rotatable bonds is 5. The lowest BCUT2D eigenvalue weighted by Gasteiger charge is -2.31. The maximum atomic E-state index is 12.6. The van der Waals surface area contributed by atoms with Crippen LogP contribution in [-0.4, -0.2) is 42.4 Å². The Bertz CT molecular complexity index is 984. The van der Waals surface area contributed by atoms with Crippen molar-refractivity contribution in [1.82, 2.24) is 10.2 Å². The number of aryl methyl sites for hydroxylation is 1. The zero-order valence-electron chi connectivity index (χ0n) is 17.9. The summed E-state index contributed by atoms with van der Waals surface area (Å²) in [5.41, 5.74) is 2.99. The van der Waals surface area contributed by atoms with Gasteiger partial charge in [-0.25, -0.2) is 0 Å². The number of carbonyl (C=O) groups excluding carboxylic acids is 3. The molecular weight excluding hydrogens is 428 g/mol. The molecule has 0 radical (unpaired) electrons. The molecule has 1 aliphatic carbocycles. The van der Waals surface area contributed by atoms with Crippen molar-refractivity contribution in [3.05, 3.63) is 70.2 Å². The molecule has 1 fully saturated rings. The van der Waals surface area contributed by atoms with Gasteiger partial charge in [-0.2, -0.15) is 0 Å². The summed E-state index contributed by atoms with van der Waals surface area (Å²) in [6.07, 6.45) is 3.98. The van der Waals surface area contributed by atoms with Crippen molar-refractivity contribution in [3.8, 4) is 0 Å². The summed E-state index contributed by atoms with van der Waals surface area (Å²) in [6.45, 7) is 0.681. The number of benzene rings is 2. The molecule has 2 aliphatic rings. The quantitative estimate of drug-likeness (QED) is 0.694. The van der Waals surface area contributed by atoms with Crippen LogP contribution in [-0.2, 0) is 20.7 Å². The normalized spacial score (nSPS) is 18.5. The van der Waals surface area contributed by atoms with Crippen LogP contribution in [0, 0.1) is 5.92 Å². The SMILES string of the molecule is O=C(COC(=O)C1CCN(C(=O)c2ccc(Cl)cc2)CC1)N[C@@H]1CCCc2ccccc21. The number of fused-ring (bicyclic) bond motifs is 1. The number of hydrogen-bond donors (Lipinski definition) is 1. The Balaban J connectivity index is 1.22. The Labute approximate surface area is 192 Å². The van der Waals surface area contributed by atoms with Crippen molar-refractivity contribution < 1.29 is 19.1 Å². The number of amides is 2. The summed E-state index contributed by atoms with van der Waals surface area (Å²) in [7, 11) is 0. The molecular formula is C25H27ClN2O4. The fourth-order valence-corrected chi connectivity index (χ4v) is 4.61. The molecule has 1 N–H and O–H groups in total. The monoisotopic (exact) mass is 454 g/mol. The highest BCUT2D eigenvalue weighted by Crippen LogP contribution is 2.29. The number of likely N-dealkylation sites (tertiary alicyclic amines) is 1. The molecule has 2 aromatic carbocycles. The molecule has 168 valence electrons. The molecule has 1 saturated heterocycles. The van der Waals surface area contributed by atoms with Crippen LogP contribution in [0.25, 0.3) is 0 Å². The molecule has 6 nitrogen and oxygen atoms in total. The lowest BCUT2D eigenvalue weighted by Crippen LogP contribution is -2.41. The minimum absolute atomic E-state index is 0.0340. The van der Waals surface area contributed by atoms with Gasteiger partial charge in [0.25, 0.3) is 11.8 Å². The van der Waals surface area contributed by atoms with E-state index in [1.54, 1.807) is 29.2 Å². The summed E-state index contributed by atoms with van der Waals surface area (Å²) >= 11 is 5.88. The van der Waals surface area contributed by atoms with E-state index in [0.29, 0.717) is 36.5 Å². The molecule has 1 heterocycles. The summed E-state index contributed by atoms with van der Waals surface area (Å²) < 4.78 is 5.30. The first-order valence-electron chi connectivity index (χ1n) is 11.1. The summed E-state index contributed by atoms with van der Waals surface area (Å²) in [5, 5.41) is 3.58. The Morgan fingerprint density at radius 1 is 1.00 bits per heavy atom. The van der Waals surface area contributed by atoms with E-state index in [1.807, 2.05) is 18.2 Å². The summed E-state index contributed by atoms with van der Waals surface area (Å²) in [4.78, 5) is 39.2. The number of nitrogens with one attached hydrogen (secondary N) is 1. The minimum Gasteiger partial charge on any atom is -0.455 e. The maximum Gasteiger partial charge on any atom is 0.309 e. The Hall–Kier alpha value is -2.86. The second-order valence-electron chi connectivity index (χ2n) is 8.39. The van der Waals surface area contributed by atoms with E-state index in [9.17, 15) is 14.4 Å². The fourth-order valence-electron chi connectivity index (χ4n) is 4.49. The van der Waals surface area contributed by atoms with Crippen LogP contribution in [0.5, 0.6) is 0 Å². The zero-order chi connectivity index (χ0) is 22.5. The van der Waals surface area contributed by atoms with Gasteiger partial charge in [-0.05, 0) is 67.5 Å². The van der Waals surface area contributed by atoms with Gasteiger partial charge in [-0.1, -0.05) is 35.9 Å². The van der Waals surface area contributed by atoms with E-state index in [4.69, 9.17) is 16.3 Å². The van der Waals surface area contributed by atoms with E-state index in [2.05, 4.69) is 11.4 Å². The highest BCUT2D eigenvalue weighted by Gasteiger charge is 2.29. The Morgan fingerprint density at radius 3 is 2.47 bits per heavy atom. The van der Waals surface area contributed by atoms with Crippen LogP contribution in [0.3, 0.4) is 0 Å². The number of esters is 1. The molecule has 0 unspecified atom stereocenters. The fraction of sp³-hybridized carbons (Fsp3) is 0.400. The number of piperidine rings is 1. The van der Waals surface area contributed by atoms with Crippen LogP contribution in [0.4, 0.5) is 0 Å². The van der Waals surface area contributed by atoms with Gasteiger partial charge in [0.1, 0.15) is 0 Å². The van der Waals surface area contributed by atoms with Crippen molar-refractivity contribution in [1.29, 1.82) is 0 Å². The van der Waals surface area contributed by atoms with Crippen LogP contribution in [0.1, 0.15) is 53.2 Å². The molecule has 0 aromatic heterocycles. The molecule has 7 heteroatoms. The maximum absolute atomic E-state index is 12.6. The van der Waals surface area contributed by atoms with Crippen LogP contribution < -0.4 is 5.32 Å². The van der Waals surface area contributed by atoms with Gasteiger partial charge in [-0.15, -0.1) is 0 Å². The van der Waals surface area contributed by atoms with E-state index in [-0.39, 0.29) is 36.4 Å². The summed E-state index contributed by atoms with van der Waals surface area (Å²) in [6, 6.07) is 14.9. The molecule has 0 bridgehead atoms. The van der Waals surface area contributed by atoms with Gasteiger partial charge in [0.15, 0.2) is 6.61 Å². The third-order valence-electron chi connectivity index (χ3n) is 6.26. The predicted molar refractivity (Wildman–Crippen MR) is 121 cm³/mol. The first kappa shape index (κ1) is 22.3. The number of nitrogens with zero attached hydrogens (tertiary/aromatic N) is 1. The second kappa shape index (κ2) is 10.2. The van der Waals surface area contributed by atoms with Crippen molar-refractivity contribution in [2.45, 2.75) is 38.1 Å². The molecule has 4 rings (SSSR count). The number of halogens is 1.